The van der Waals surface area contributed by atoms with E-state index in [1.165, 1.54) is 25.0 Å². The van der Waals surface area contributed by atoms with E-state index in [0.29, 0.717) is 5.02 Å². The summed E-state index contributed by atoms with van der Waals surface area (Å²) in [6, 6.07) is 4.71. The van der Waals surface area contributed by atoms with Crippen molar-refractivity contribution in [2.45, 2.75) is 25.8 Å². The Kier molecular flexibility index (Phi) is 2.73. The van der Waals surface area contributed by atoms with Gasteiger partial charge in [-0.1, -0.05) is 18.5 Å². The molecule has 1 nitrogen and oxygen atoms in total. The normalized spacial score (nSPS) is 20.0. The highest BCUT2D eigenvalue weighted by Crippen LogP contribution is 2.55. The molecule has 15 heavy (non-hydrogen) atoms. The second kappa shape index (κ2) is 3.76. The summed E-state index contributed by atoms with van der Waals surface area (Å²) in [7, 11) is 1.90. The van der Waals surface area contributed by atoms with Crippen LogP contribution in [0.5, 0.6) is 0 Å². The Bertz CT molecular complexity index is 374. The SMILES string of the molecule is CNC(c1cc(F)ccc1Cl)C1(C)CC1. The van der Waals surface area contributed by atoms with E-state index >= 15 is 0 Å². The molecule has 1 aromatic rings. The van der Waals surface area contributed by atoms with Gasteiger partial charge in [0.2, 0.25) is 0 Å². The molecule has 0 aliphatic heterocycles. The van der Waals surface area contributed by atoms with E-state index in [0.717, 1.165) is 5.56 Å². The lowest BCUT2D eigenvalue weighted by Crippen LogP contribution is -2.25. The predicted octanol–water partition coefficient (Wildman–Crippen LogP) is 3.54. The average molecular weight is 228 g/mol. The van der Waals surface area contributed by atoms with Crippen LogP contribution in [-0.4, -0.2) is 7.05 Å². The zero-order valence-electron chi connectivity index (χ0n) is 8.98. The molecule has 1 unspecified atom stereocenters. The van der Waals surface area contributed by atoms with E-state index in [-0.39, 0.29) is 17.3 Å². The van der Waals surface area contributed by atoms with Gasteiger partial charge in [-0.25, -0.2) is 4.39 Å². The molecule has 1 saturated carbocycles. The third-order valence-electron chi connectivity index (χ3n) is 3.29. The molecule has 0 saturated heterocycles. The summed E-state index contributed by atoms with van der Waals surface area (Å²) in [6.45, 7) is 2.20. The second-order valence-electron chi connectivity index (χ2n) is 4.54. The number of halogens is 2. The van der Waals surface area contributed by atoms with Gasteiger partial charge in [-0.15, -0.1) is 0 Å². The Labute approximate surface area is 94.6 Å². The van der Waals surface area contributed by atoms with Gasteiger partial charge in [-0.05, 0) is 49.1 Å². The summed E-state index contributed by atoms with van der Waals surface area (Å²) >= 11 is 6.10. The third-order valence-corrected chi connectivity index (χ3v) is 3.64. The van der Waals surface area contributed by atoms with Crippen molar-refractivity contribution in [3.05, 3.63) is 34.6 Å². The highest BCUT2D eigenvalue weighted by Gasteiger charge is 2.45. The lowest BCUT2D eigenvalue weighted by molar-refractivity contribution is 0.389. The smallest absolute Gasteiger partial charge is 0.123 e. The van der Waals surface area contributed by atoms with Crippen molar-refractivity contribution < 1.29 is 4.39 Å². The van der Waals surface area contributed by atoms with Crippen LogP contribution >= 0.6 is 11.6 Å². The fourth-order valence-corrected chi connectivity index (χ4v) is 2.33. The first-order valence-electron chi connectivity index (χ1n) is 5.19. The fourth-order valence-electron chi connectivity index (χ4n) is 2.10. The van der Waals surface area contributed by atoms with Crippen molar-refractivity contribution in [1.29, 1.82) is 0 Å². The number of hydrogen-bond acceptors (Lipinski definition) is 1. The zero-order chi connectivity index (χ0) is 11.1. The first-order chi connectivity index (χ1) is 7.07. The number of rotatable bonds is 3. The maximum atomic E-state index is 13.2. The minimum absolute atomic E-state index is 0.153. The largest absolute Gasteiger partial charge is 0.312 e. The van der Waals surface area contributed by atoms with Crippen LogP contribution in [0.25, 0.3) is 0 Å². The lowest BCUT2D eigenvalue weighted by atomic mass is 9.92. The van der Waals surface area contributed by atoms with E-state index in [4.69, 9.17) is 11.6 Å². The minimum atomic E-state index is -0.223. The van der Waals surface area contributed by atoms with Crippen LogP contribution in [-0.2, 0) is 0 Å². The van der Waals surface area contributed by atoms with Crippen molar-refractivity contribution >= 4 is 11.6 Å². The molecule has 2 rings (SSSR count). The Morgan fingerprint density at radius 2 is 2.13 bits per heavy atom. The molecule has 1 N–H and O–H groups in total. The topological polar surface area (TPSA) is 12.0 Å². The van der Waals surface area contributed by atoms with E-state index in [9.17, 15) is 4.39 Å². The molecule has 0 radical (unpaired) electrons. The molecule has 3 heteroatoms. The van der Waals surface area contributed by atoms with Gasteiger partial charge in [0.05, 0.1) is 0 Å². The molecular weight excluding hydrogens is 213 g/mol. The number of hydrogen-bond donors (Lipinski definition) is 1. The second-order valence-corrected chi connectivity index (χ2v) is 4.95. The van der Waals surface area contributed by atoms with Gasteiger partial charge >= 0.3 is 0 Å². The first-order valence-corrected chi connectivity index (χ1v) is 5.57. The van der Waals surface area contributed by atoms with Crippen LogP contribution < -0.4 is 5.32 Å². The molecule has 1 aliphatic rings. The van der Waals surface area contributed by atoms with Crippen molar-refractivity contribution in [3.8, 4) is 0 Å². The van der Waals surface area contributed by atoms with Crippen LogP contribution in [0.15, 0.2) is 18.2 Å². The molecule has 1 aliphatic carbocycles. The number of nitrogens with one attached hydrogen (secondary N) is 1. The van der Waals surface area contributed by atoms with E-state index in [1.54, 1.807) is 6.07 Å². The highest BCUT2D eigenvalue weighted by molar-refractivity contribution is 6.31. The Hall–Kier alpha value is -0.600. The molecule has 0 heterocycles. The summed E-state index contributed by atoms with van der Waals surface area (Å²) in [6.07, 6.45) is 2.34. The summed E-state index contributed by atoms with van der Waals surface area (Å²) in [4.78, 5) is 0. The van der Waals surface area contributed by atoms with Crippen LogP contribution in [0.1, 0.15) is 31.4 Å². The van der Waals surface area contributed by atoms with Gasteiger partial charge in [-0.2, -0.15) is 0 Å². The van der Waals surface area contributed by atoms with E-state index in [2.05, 4.69) is 12.2 Å². The molecular formula is C12H15ClFN. The Morgan fingerprint density at radius 1 is 1.47 bits per heavy atom. The quantitative estimate of drug-likeness (QED) is 0.833. The molecule has 0 amide bonds. The molecule has 1 atom stereocenters. The summed E-state index contributed by atoms with van der Waals surface area (Å²) in [5.41, 5.74) is 1.12. The van der Waals surface area contributed by atoms with Gasteiger partial charge in [0.1, 0.15) is 5.82 Å². The maximum absolute atomic E-state index is 13.2. The third kappa shape index (κ3) is 2.01. The molecule has 0 aromatic heterocycles. The summed E-state index contributed by atoms with van der Waals surface area (Å²) in [5, 5.41) is 3.88. The monoisotopic (exact) mass is 227 g/mol. The van der Waals surface area contributed by atoms with Crippen molar-refractivity contribution in [2.24, 2.45) is 5.41 Å². The Balaban J connectivity index is 2.37. The standard InChI is InChI=1S/C12H15ClFN/c1-12(5-6-12)11(15-2)9-7-8(14)3-4-10(9)13/h3-4,7,11,15H,5-6H2,1-2H3. The average Bonchev–Trinajstić information content (AvgIpc) is 2.92. The van der Waals surface area contributed by atoms with Crippen LogP contribution in [0.4, 0.5) is 4.39 Å². The minimum Gasteiger partial charge on any atom is -0.312 e. The predicted molar refractivity (Wildman–Crippen MR) is 60.6 cm³/mol. The van der Waals surface area contributed by atoms with Crippen molar-refractivity contribution in [1.82, 2.24) is 5.32 Å². The van der Waals surface area contributed by atoms with E-state index in [1.807, 2.05) is 7.05 Å². The van der Waals surface area contributed by atoms with E-state index < -0.39 is 0 Å². The lowest BCUT2D eigenvalue weighted by Gasteiger charge is -2.24. The van der Waals surface area contributed by atoms with Gasteiger partial charge in [-0.3, -0.25) is 0 Å². The van der Waals surface area contributed by atoms with Gasteiger partial charge < -0.3 is 5.32 Å². The van der Waals surface area contributed by atoms with Crippen LogP contribution in [0.2, 0.25) is 5.02 Å². The van der Waals surface area contributed by atoms with Crippen molar-refractivity contribution in [3.63, 3.8) is 0 Å². The molecule has 0 bridgehead atoms. The maximum Gasteiger partial charge on any atom is 0.123 e. The molecule has 1 aromatic carbocycles. The molecule has 82 valence electrons. The Morgan fingerprint density at radius 3 is 2.67 bits per heavy atom. The summed E-state index contributed by atoms with van der Waals surface area (Å²) in [5.74, 6) is -0.223. The fraction of sp³-hybridized carbons (Fsp3) is 0.500. The van der Waals surface area contributed by atoms with Gasteiger partial charge in [0, 0.05) is 11.1 Å². The van der Waals surface area contributed by atoms with Gasteiger partial charge in [0.25, 0.3) is 0 Å². The highest BCUT2D eigenvalue weighted by atomic mass is 35.5. The molecule has 0 spiro atoms. The zero-order valence-corrected chi connectivity index (χ0v) is 9.74. The van der Waals surface area contributed by atoms with Crippen LogP contribution in [0.3, 0.4) is 0 Å². The van der Waals surface area contributed by atoms with Gasteiger partial charge in [0.15, 0.2) is 0 Å². The molecule has 1 fully saturated rings. The van der Waals surface area contributed by atoms with Crippen molar-refractivity contribution in [2.75, 3.05) is 7.05 Å². The number of benzene rings is 1. The summed E-state index contributed by atoms with van der Waals surface area (Å²) < 4.78 is 13.2. The first kappa shape index (κ1) is 10.9. The van der Waals surface area contributed by atoms with Crippen LogP contribution in [0, 0.1) is 11.2 Å².